The summed E-state index contributed by atoms with van der Waals surface area (Å²) in [5.41, 5.74) is 2.49. The van der Waals surface area contributed by atoms with E-state index in [1.54, 1.807) is 4.90 Å². The monoisotopic (exact) mass is 303 g/mol. The zero-order valence-electron chi connectivity index (χ0n) is 13.3. The minimum atomic E-state index is -0.210. The molecular formula is C17H25N3O2. The van der Waals surface area contributed by atoms with Crippen LogP contribution in [-0.2, 0) is 16.1 Å². The molecule has 120 valence electrons. The third-order valence-electron chi connectivity index (χ3n) is 4.44. The molecule has 2 saturated heterocycles. The minimum Gasteiger partial charge on any atom is -0.378 e. The van der Waals surface area contributed by atoms with Gasteiger partial charge in [0, 0.05) is 38.9 Å². The highest BCUT2D eigenvalue weighted by Crippen LogP contribution is 2.25. The van der Waals surface area contributed by atoms with Crippen LogP contribution in [0.25, 0.3) is 0 Å². The van der Waals surface area contributed by atoms with Crippen molar-refractivity contribution < 1.29 is 9.53 Å². The van der Waals surface area contributed by atoms with Gasteiger partial charge in [-0.05, 0) is 24.5 Å². The van der Waals surface area contributed by atoms with Crippen LogP contribution in [-0.4, -0.2) is 56.7 Å². The molecule has 0 aromatic heterocycles. The van der Waals surface area contributed by atoms with Crippen LogP contribution in [0.4, 0.5) is 5.69 Å². The maximum absolute atomic E-state index is 12.5. The van der Waals surface area contributed by atoms with E-state index in [2.05, 4.69) is 34.5 Å². The largest absolute Gasteiger partial charge is 0.378 e. The number of nitrogens with one attached hydrogen (secondary N) is 1. The zero-order chi connectivity index (χ0) is 15.4. The van der Waals surface area contributed by atoms with Gasteiger partial charge in [0.05, 0.1) is 13.2 Å². The number of carbonyl (C=O) groups excluding carboxylic acids is 1. The number of rotatable bonds is 4. The van der Waals surface area contributed by atoms with Gasteiger partial charge in [0.2, 0.25) is 5.91 Å². The van der Waals surface area contributed by atoms with Gasteiger partial charge >= 0.3 is 0 Å². The lowest BCUT2D eigenvalue weighted by atomic mass is 10.1. The summed E-state index contributed by atoms with van der Waals surface area (Å²) in [5.74, 6) is 0.107. The van der Waals surface area contributed by atoms with Gasteiger partial charge in [-0.15, -0.1) is 0 Å². The number of anilines is 1. The van der Waals surface area contributed by atoms with Crippen LogP contribution in [0.5, 0.6) is 0 Å². The second-order valence-electron chi connectivity index (χ2n) is 6.10. The molecule has 5 nitrogen and oxygen atoms in total. The molecule has 1 amide bonds. The Morgan fingerprint density at radius 1 is 1.36 bits per heavy atom. The van der Waals surface area contributed by atoms with Crippen molar-refractivity contribution in [3.63, 3.8) is 0 Å². The second-order valence-corrected chi connectivity index (χ2v) is 6.10. The molecule has 1 aromatic carbocycles. The summed E-state index contributed by atoms with van der Waals surface area (Å²) in [7, 11) is 1.87. The molecule has 3 rings (SSSR count). The molecular weight excluding hydrogens is 278 g/mol. The number of ether oxygens (including phenoxy) is 1. The highest BCUT2D eigenvalue weighted by Gasteiger charge is 2.25. The van der Waals surface area contributed by atoms with E-state index >= 15 is 0 Å². The third-order valence-corrected chi connectivity index (χ3v) is 4.44. The maximum Gasteiger partial charge on any atom is 0.242 e. The van der Waals surface area contributed by atoms with Crippen LogP contribution in [0.2, 0.25) is 0 Å². The van der Waals surface area contributed by atoms with E-state index in [9.17, 15) is 4.79 Å². The van der Waals surface area contributed by atoms with Crippen molar-refractivity contribution >= 4 is 11.6 Å². The van der Waals surface area contributed by atoms with Crippen LogP contribution < -0.4 is 10.2 Å². The van der Waals surface area contributed by atoms with E-state index in [1.165, 1.54) is 24.1 Å². The van der Waals surface area contributed by atoms with Gasteiger partial charge in [0.25, 0.3) is 0 Å². The summed E-state index contributed by atoms with van der Waals surface area (Å²) in [6.45, 7) is 4.78. The lowest BCUT2D eigenvalue weighted by molar-refractivity contribution is -0.135. The zero-order valence-corrected chi connectivity index (χ0v) is 13.3. The van der Waals surface area contributed by atoms with Gasteiger partial charge in [0.15, 0.2) is 0 Å². The summed E-state index contributed by atoms with van der Waals surface area (Å²) in [6, 6.07) is 8.21. The van der Waals surface area contributed by atoms with Crippen LogP contribution in [0.3, 0.4) is 0 Å². The Labute approximate surface area is 132 Å². The summed E-state index contributed by atoms with van der Waals surface area (Å²) < 4.78 is 5.39. The molecule has 1 N–H and O–H groups in total. The predicted octanol–water partition coefficient (Wildman–Crippen LogP) is 1.23. The van der Waals surface area contributed by atoms with E-state index in [4.69, 9.17) is 4.74 Å². The van der Waals surface area contributed by atoms with Crippen LogP contribution in [0, 0.1) is 0 Å². The van der Waals surface area contributed by atoms with Crippen LogP contribution >= 0.6 is 0 Å². The topological polar surface area (TPSA) is 44.8 Å². The number of benzene rings is 1. The fourth-order valence-corrected chi connectivity index (χ4v) is 3.23. The molecule has 0 aliphatic carbocycles. The predicted molar refractivity (Wildman–Crippen MR) is 87.0 cm³/mol. The van der Waals surface area contributed by atoms with E-state index in [0.29, 0.717) is 19.8 Å². The van der Waals surface area contributed by atoms with Crippen molar-refractivity contribution in [3.05, 3.63) is 29.8 Å². The molecule has 0 spiro atoms. The molecule has 0 radical (unpaired) electrons. The Morgan fingerprint density at radius 2 is 2.14 bits per heavy atom. The Balaban J connectivity index is 1.68. The summed E-state index contributed by atoms with van der Waals surface area (Å²) in [6.07, 6.45) is 2.51. The lowest BCUT2D eigenvalue weighted by Crippen LogP contribution is -2.51. The van der Waals surface area contributed by atoms with Gasteiger partial charge in [-0.25, -0.2) is 0 Å². The first-order valence-electron chi connectivity index (χ1n) is 8.14. The Bertz CT molecular complexity index is 508. The fourth-order valence-electron chi connectivity index (χ4n) is 3.23. The van der Waals surface area contributed by atoms with Crippen molar-refractivity contribution in [2.45, 2.75) is 25.4 Å². The Morgan fingerprint density at radius 3 is 2.86 bits per heavy atom. The molecule has 0 bridgehead atoms. The second kappa shape index (κ2) is 7.11. The Kier molecular flexibility index (Phi) is 4.95. The highest BCUT2D eigenvalue weighted by atomic mass is 16.5. The average molecular weight is 303 g/mol. The van der Waals surface area contributed by atoms with Gasteiger partial charge in [0.1, 0.15) is 6.04 Å². The van der Waals surface area contributed by atoms with Crippen molar-refractivity contribution in [1.29, 1.82) is 0 Å². The third kappa shape index (κ3) is 3.42. The number of morpholine rings is 1. The van der Waals surface area contributed by atoms with Crippen LogP contribution in [0.1, 0.15) is 18.4 Å². The van der Waals surface area contributed by atoms with Gasteiger partial charge in [-0.3, -0.25) is 4.79 Å². The smallest absolute Gasteiger partial charge is 0.242 e. The van der Waals surface area contributed by atoms with Gasteiger partial charge < -0.3 is 19.9 Å². The van der Waals surface area contributed by atoms with Gasteiger partial charge in [-0.2, -0.15) is 0 Å². The maximum atomic E-state index is 12.5. The molecule has 5 heteroatoms. The first kappa shape index (κ1) is 15.3. The lowest BCUT2D eigenvalue weighted by Gasteiger charge is -2.29. The van der Waals surface area contributed by atoms with Crippen LogP contribution in [0.15, 0.2) is 24.3 Å². The van der Waals surface area contributed by atoms with E-state index in [0.717, 1.165) is 19.6 Å². The number of likely N-dealkylation sites (N-methyl/N-ethyl adjacent to an activating group) is 1. The van der Waals surface area contributed by atoms with Crippen molar-refractivity contribution in [2.75, 3.05) is 44.8 Å². The van der Waals surface area contributed by atoms with Crippen molar-refractivity contribution in [2.24, 2.45) is 0 Å². The first-order chi connectivity index (χ1) is 10.8. The molecule has 2 heterocycles. The molecule has 22 heavy (non-hydrogen) atoms. The molecule has 2 fully saturated rings. The van der Waals surface area contributed by atoms with E-state index in [-0.39, 0.29) is 11.9 Å². The van der Waals surface area contributed by atoms with E-state index < -0.39 is 0 Å². The van der Waals surface area contributed by atoms with Crippen molar-refractivity contribution in [1.82, 2.24) is 10.2 Å². The molecule has 1 atom stereocenters. The number of hydrogen-bond acceptors (Lipinski definition) is 4. The van der Waals surface area contributed by atoms with E-state index in [1.807, 2.05) is 7.05 Å². The summed E-state index contributed by atoms with van der Waals surface area (Å²) in [5, 5.41) is 3.23. The first-order valence-corrected chi connectivity index (χ1v) is 8.14. The summed E-state index contributed by atoms with van der Waals surface area (Å²) >= 11 is 0. The molecule has 0 unspecified atom stereocenters. The molecule has 2 aliphatic rings. The minimum absolute atomic E-state index is 0.107. The summed E-state index contributed by atoms with van der Waals surface area (Å²) in [4.78, 5) is 16.7. The van der Waals surface area contributed by atoms with Crippen molar-refractivity contribution in [3.8, 4) is 0 Å². The highest BCUT2D eigenvalue weighted by molar-refractivity contribution is 5.82. The van der Waals surface area contributed by atoms with Gasteiger partial charge in [-0.1, -0.05) is 18.2 Å². The number of carbonyl (C=O) groups is 1. The molecule has 0 saturated carbocycles. The Hall–Kier alpha value is -1.59. The number of hydrogen-bond donors (Lipinski definition) is 1. The SMILES string of the molecule is CN(Cc1ccccc1N1CCCC1)C(=O)[C@@H]1COCCN1. The quantitative estimate of drug-likeness (QED) is 0.909. The normalized spacial score (nSPS) is 21.9. The average Bonchev–Trinajstić information content (AvgIpc) is 3.10. The number of para-hydroxylation sites is 1. The molecule has 2 aliphatic heterocycles. The number of amides is 1. The molecule has 1 aromatic rings. The standard InChI is InChI=1S/C17H25N3O2/c1-19(17(21)15-13-22-11-8-18-15)12-14-6-2-3-7-16(14)20-9-4-5-10-20/h2-3,6-7,15,18H,4-5,8-13H2,1H3/t15-/m0/s1. The fraction of sp³-hybridized carbons (Fsp3) is 0.588. The number of nitrogens with zero attached hydrogens (tertiary/aromatic N) is 2.